The third kappa shape index (κ3) is 4.75. The van der Waals surface area contributed by atoms with Crippen LogP contribution in [-0.2, 0) is 11.3 Å². The van der Waals surface area contributed by atoms with E-state index in [0.29, 0.717) is 19.6 Å². The Labute approximate surface area is 108 Å². The monoisotopic (exact) mass is 254 g/mol. The molecule has 17 heavy (non-hydrogen) atoms. The molecule has 0 spiro atoms. The molecule has 0 saturated heterocycles. The number of rotatable bonds is 6. The van der Waals surface area contributed by atoms with Gasteiger partial charge in [-0.25, -0.2) is 0 Å². The molecule has 0 aliphatic heterocycles. The molecule has 0 aromatic heterocycles. The summed E-state index contributed by atoms with van der Waals surface area (Å²) in [6.07, 6.45) is 0. The molecular formula is C13H19ClN2O. The van der Waals surface area contributed by atoms with E-state index in [1.807, 2.05) is 38.1 Å². The van der Waals surface area contributed by atoms with Crippen molar-refractivity contribution in [2.24, 2.45) is 0 Å². The summed E-state index contributed by atoms with van der Waals surface area (Å²) in [5, 5.41) is 3.55. The molecule has 94 valence electrons. The highest BCUT2D eigenvalue weighted by molar-refractivity contribution is 6.31. The molecule has 0 unspecified atom stereocenters. The minimum atomic E-state index is 0.0569. The third-order valence-corrected chi connectivity index (χ3v) is 2.91. The van der Waals surface area contributed by atoms with Crippen molar-refractivity contribution in [3.8, 4) is 0 Å². The van der Waals surface area contributed by atoms with Gasteiger partial charge in [0.2, 0.25) is 5.91 Å². The summed E-state index contributed by atoms with van der Waals surface area (Å²) in [6.45, 7) is 6.56. The highest BCUT2D eigenvalue weighted by atomic mass is 35.5. The summed E-state index contributed by atoms with van der Waals surface area (Å²) < 4.78 is 0. The second-order valence-corrected chi connectivity index (χ2v) is 4.26. The number of carbonyl (C=O) groups is 1. The lowest BCUT2D eigenvalue weighted by molar-refractivity contribution is -0.122. The molecule has 4 heteroatoms. The van der Waals surface area contributed by atoms with Crippen molar-refractivity contribution < 1.29 is 4.79 Å². The van der Waals surface area contributed by atoms with Crippen molar-refractivity contribution in [1.29, 1.82) is 0 Å². The Balaban J connectivity index is 2.58. The maximum Gasteiger partial charge on any atom is 0.234 e. The molecule has 3 nitrogen and oxygen atoms in total. The second-order valence-electron chi connectivity index (χ2n) is 3.85. The van der Waals surface area contributed by atoms with Crippen molar-refractivity contribution in [3.05, 3.63) is 34.9 Å². The first kappa shape index (κ1) is 14.0. The molecule has 1 amide bonds. The molecule has 0 aliphatic rings. The molecule has 0 fully saturated rings. The number of hydrogen-bond acceptors (Lipinski definition) is 2. The summed E-state index contributed by atoms with van der Waals surface area (Å²) in [6, 6.07) is 7.73. The minimum Gasteiger partial charge on any atom is -0.355 e. The van der Waals surface area contributed by atoms with Gasteiger partial charge in [0.15, 0.2) is 0 Å². The van der Waals surface area contributed by atoms with E-state index in [1.54, 1.807) is 0 Å². The lowest BCUT2D eigenvalue weighted by Crippen LogP contribution is -2.36. The van der Waals surface area contributed by atoms with Crippen molar-refractivity contribution in [2.45, 2.75) is 20.4 Å². The number of amides is 1. The van der Waals surface area contributed by atoms with Gasteiger partial charge in [0, 0.05) is 18.1 Å². The smallest absolute Gasteiger partial charge is 0.234 e. The fraction of sp³-hybridized carbons (Fsp3) is 0.462. The summed E-state index contributed by atoms with van der Waals surface area (Å²) in [7, 11) is 0. The highest BCUT2D eigenvalue weighted by Gasteiger charge is 2.10. The quantitative estimate of drug-likeness (QED) is 0.845. The molecule has 1 rings (SSSR count). The zero-order valence-electron chi connectivity index (χ0n) is 10.4. The number of nitrogens with zero attached hydrogens (tertiary/aromatic N) is 1. The minimum absolute atomic E-state index is 0.0569. The number of nitrogens with one attached hydrogen (secondary N) is 1. The van der Waals surface area contributed by atoms with Crippen molar-refractivity contribution in [1.82, 2.24) is 10.2 Å². The van der Waals surface area contributed by atoms with Crippen LogP contribution in [0.25, 0.3) is 0 Å². The molecular weight excluding hydrogens is 236 g/mol. The van der Waals surface area contributed by atoms with Crippen LogP contribution in [0.2, 0.25) is 5.02 Å². The van der Waals surface area contributed by atoms with E-state index in [2.05, 4.69) is 10.2 Å². The number of likely N-dealkylation sites (N-methyl/N-ethyl adjacent to an activating group) is 2. The predicted octanol–water partition coefficient (Wildman–Crippen LogP) is 2.30. The first-order chi connectivity index (χ1) is 8.17. The van der Waals surface area contributed by atoms with E-state index in [4.69, 9.17) is 11.6 Å². The van der Waals surface area contributed by atoms with Crippen molar-refractivity contribution in [3.63, 3.8) is 0 Å². The maximum absolute atomic E-state index is 11.5. The van der Waals surface area contributed by atoms with Gasteiger partial charge in [0.25, 0.3) is 0 Å². The third-order valence-electron chi connectivity index (χ3n) is 2.54. The number of halogens is 1. The van der Waals surface area contributed by atoms with Crippen LogP contribution in [0.1, 0.15) is 19.4 Å². The molecule has 0 radical (unpaired) electrons. The Morgan fingerprint density at radius 3 is 2.65 bits per heavy atom. The molecule has 0 heterocycles. The van der Waals surface area contributed by atoms with Gasteiger partial charge in [-0.15, -0.1) is 0 Å². The first-order valence-corrected chi connectivity index (χ1v) is 6.27. The SMILES string of the molecule is CCNC(=O)CN(CC)Cc1ccccc1Cl. The van der Waals surface area contributed by atoms with Crippen LogP contribution in [0.3, 0.4) is 0 Å². The molecule has 0 saturated carbocycles. The first-order valence-electron chi connectivity index (χ1n) is 5.89. The Hall–Kier alpha value is -1.06. The van der Waals surface area contributed by atoms with Crippen LogP contribution in [0.4, 0.5) is 0 Å². The molecule has 0 atom stereocenters. The van der Waals surface area contributed by atoms with E-state index < -0.39 is 0 Å². The van der Waals surface area contributed by atoms with Gasteiger partial charge in [0.1, 0.15) is 0 Å². The molecule has 1 aromatic rings. The van der Waals surface area contributed by atoms with Crippen LogP contribution in [-0.4, -0.2) is 30.4 Å². The molecule has 0 bridgehead atoms. The van der Waals surface area contributed by atoms with Gasteiger partial charge in [-0.1, -0.05) is 36.7 Å². The van der Waals surface area contributed by atoms with Gasteiger partial charge >= 0.3 is 0 Å². The van der Waals surface area contributed by atoms with Crippen LogP contribution >= 0.6 is 11.6 Å². The normalized spacial score (nSPS) is 10.6. The zero-order valence-corrected chi connectivity index (χ0v) is 11.1. The van der Waals surface area contributed by atoms with Crippen LogP contribution in [0.15, 0.2) is 24.3 Å². The number of hydrogen-bond donors (Lipinski definition) is 1. The van der Waals surface area contributed by atoms with Gasteiger partial charge < -0.3 is 5.32 Å². The Bertz CT molecular complexity index is 368. The predicted molar refractivity (Wildman–Crippen MR) is 71.1 cm³/mol. The summed E-state index contributed by atoms with van der Waals surface area (Å²) in [5.41, 5.74) is 1.06. The lowest BCUT2D eigenvalue weighted by atomic mass is 10.2. The second kappa shape index (κ2) is 7.30. The number of benzene rings is 1. The highest BCUT2D eigenvalue weighted by Crippen LogP contribution is 2.16. The van der Waals surface area contributed by atoms with E-state index in [9.17, 15) is 4.79 Å². The zero-order chi connectivity index (χ0) is 12.7. The fourth-order valence-corrected chi connectivity index (χ4v) is 1.80. The number of carbonyl (C=O) groups excluding carboxylic acids is 1. The van der Waals surface area contributed by atoms with Gasteiger partial charge in [-0.05, 0) is 25.1 Å². The summed E-state index contributed by atoms with van der Waals surface area (Å²) in [4.78, 5) is 13.6. The molecule has 0 aliphatic carbocycles. The van der Waals surface area contributed by atoms with Crippen LogP contribution < -0.4 is 5.32 Å². The molecule has 1 aromatic carbocycles. The van der Waals surface area contributed by atoms with Crippen LogP contribution in [0.5, 0.6) is 0 Å². The van der Waals surface area contributed by atoms with E-state index in [-0.39, 0.29) is 5.91 Å². The Morgan fingerprint density at radius 2 is 2.06 bits per heavy atom. The van der Waals surface area contributed by atoms with Gasteiger partial charge in [-0.2, -0.15) is 0 Å². The van der Waals surface area contributed by atoms with Crippen molar-refractivity contribution in [2.75, 3.05) is 19.6 Å². The summed E-state index contributed by atoms with van der Waals surface area (Å²) in [5.74, 6) is 0.0569. The van der Waals surface area contributed by atoms with Crippen molar-refractivity contribution >= 4 is 17.5 Å². The van der Waals surface area contributed by atoms with E-state index >= 15 is 0 Å². The fourth-order valence-electron chi connectivity index (χ4n) is 1.60. The van der Waals surface area contributed by atoms with Crippen LogP contribution in [0, 0.1) is 0 Å². The standard InChI is InChI=1S/C13H19ClN2O/c1-3-15-13(17)10-16(4-2)9-11-7-5-6-8-12(11)14/h5-8H,3-4,9-10H2,1-2H3,(H,15,17). The molecule has 1 N–H and O–H groups in total. The Kier molecular flexibility index (Phi) is 6.01. The van der Waals surface area contributed by atoms with E-state index in [0.717, 1.165) is 17.1 Å². The van der Waals surface area contributed by atoms with Gasteiger partial charge in [0.05, 0.1) is 6.54 Å². The maximum atomic E-state index is 11.5. The summed E-state index contributed by atoms with van der Waals surface area (Å²) >= 11 is 6.10. The lowest BCUT2D eigenvalue weighted by Gasteiger charge is -2.20. The van der Waals surface area contributed by atoms with E-state index in [1.165, 1.54) is 0 Å². The topological polar surface area (TPSA) is 32.3 Å². The Morgan fingerprint density at radius 1 is 1.35 bits per heavy atom. The largest absolute Gasteiger partial charge is 0.355 e. The average Bonchev–Trinajstić information content (AvgIpc) is 2.31. The van der Waals surface area contributed by atoms with Gasteiger partial charge in [-0.3, -0.25) is 9.69 Å². The average molecular weight is 255 g/mol.